The van der Waals surface area contributed by atoms with E-state index >= 15 is 0 Å². The highest BCUT2D eigenvalue weighted by molar-refractivity contribution is 5.92. The van der Waals surface area contributed by atoms with Crippen LogP contribution in [0.5, 0.6) is 0 Å². The van der Waals surface area contributed by atoms with Gasteiger partial charge in [0.05, 0.1) is 6.20 Å². The average Bonchev–Trinajstić information content (AvgIpc) is 3.12. The number of nitrogens with one attached hydrogen (secondary N) is 3. The van der Waals surface area contributed by atoms with Crippen molar-refractivity contribution >= 4 is 5.91 Å². The minimum absolute atomic E-state index is 0.118. The van der Waals surface area contributed by atoms with Gasteiger partial charge in [0, 0.05) is 36.1 Å². The lowest BCUT2D eigenvalue weighted by atomic mass is 10.1. The van der Waals surface area contributed by atoms with Gasteiger partial charge in [-0.05, 0) is 19.0 Å². The number of nitrogens with zero attached hydrogens (tertiary/aromatic N) is 2. The second-order valence-corrected chi connectivity index (χ2v) is 4.58. The molecule has 1 aliphatic rings. The van der Waals surface area contributed by atoms with Crippen LogP contribution in [0, 0.1) is 0 Å². The van der Waals surface area contributed by atoms with Crippen LogP contribution in [0.15, 0.2) is 30.7 Å². The maximum atomic E-state index is 12.0. The van der Waals surface area contributed by atoms with Gasteiger partial charge in [-0.1, -0.05) is 6.07 Å². The lowest BCUT2D eigenvalue weighted by Gasteiger charge is -2.10. The molecule has 0 radical (unpaired) electrons. The lowest BCUT2D eigenvalue weighted by molar-refractivity contribution is 0.0935. The van der Waals surface area contributed by atoms with Gasteiger partial charge in [-0.25, -0.2) is 0 Å². The van der Waals surface area contributed by atoms with Gasteiger partial charge < -0.3 is 10.6 Å². The molecule has 6 heteroatoms. The summed E-state index contributed by atoms with van der Waals surface area (Å²) in [4.78, 5) is 16.2. The number of aromatic nitrogens is 3. The Morgan fingerprint density at radius 3 is 2.89 bits per heavy atom. The Bertz CT molecular complexity index is 543. The van der Waals surface area contributed by atoms with Gasteiger partial charge in [-0.2, -0.15) is 5.10 Å². The van der Waals surface area contributed by atoms with Crippen molar-refractivity contribution in [1.29, 1.82) is 0 Å². The molecular weight excluding hydrogens is 242 g/mol. The molecule has 0 aromatic carbocycles. The molecule has 6 nitrogen and oxygen atoms in total. The number of pyridine rings is 1. The van der Waals surface area contributed by atoms with E-state index in [9.17, 15) is 4.79 Å². The van der Waals surface area contributed by atoms with Crippen LogP contribution in [0.4, 0.5) is 0 Å². The summed E-state index contributed by atoms with van der Waals surface area (Å²) in [6, 6.07) is 3.82. The van der Waals surface area contributed by atoms with Gasteiger partial charge in [-0.3, -0.25) is 14.9 Å². The van der Waals surface area contributed by atoms with Gasteiger partial charge >= 0.3 is 0 Å². The van der Waals surface area contributed by atoms with Crippen molar-refractivity contribution in [2.24, 2.45) is 0 Å². The van der Waals surface area contributed by atoms with E-state index in [1.807, 2.05) is 6.07 Å². The predicted molar refractivity (Wildman–Crippen MR) is 70.6 cm³/mol. The standard InChI is InChI=1S/C13H15N5O/c19-13(18-11-3-4-14-8-11)12-2-1-9(5-15-12)10-6-16-17-7-10/h1-2,5-7,11,14H,3-4,8H2,(H,16,17)(H,18,19)/t11-/m1/s1. The predicted octanol–water partition coefficient (Wildman–Crippen LogP) is 0.563. The van der Waals surface area contributed by atoms with Gasteiger partial charge in [-0.15, -0.1) is 0 Å². The molecule has 2 aromatic rings. The van der Waals surface area contributed by atoms with Crippen LogP contribution < -0.4 is 10.6 Å². The Kier molecular flexibility index (Phi) is 3.24. The number of H-pyrrole nitrogens is 1. The number of hydrogen-bond acceptors (Lipinski definition) is 4. The Morgan fingerprint density at radius 2 is 2.26 bits per heavy atom. The van der Waals surface area contributed by atoms with Gasteiger partial charge in [0.2, 0.25) is 0 Å². The van der Waals surface area contributed by atoms with Crippen molar-refractivity contribution in [2.75, 3.05) is 13.1 Å². The van der Waals surface area contributed by atoms with Crippen molar-refractivity contribution < 1.29 is 4.79 Å². The van der Waals surface area contributed by atoms with Crippen LogP contribution in [0.3, 0.4) is 0 Å². The van der Waals surface area contributed by atoms with Crippen LogP contribution >= 0.6 is 0 Å². The fourth-order valence-corrected chi connectivity index (χ4v) is 2.14. The highest BCUT2D eigenvalue weighted by Gasteiger charge is 2.18. The van der Waals surface area contributed by atoms with E-state index in [0.29, 0.717) is 5.69 Å². The normalized spacial score (nSPS) is 18.4. The minimum Gasteiger partial charge on any atom is -0.347 e. The van der Waals surface area contributed by atoms with E-state index in [-0.39, 0.29) is 11.9 Å². The molecule has 1 aliphatic heterocycles. The zero-order valence-corrected chi connectivity index (χ0v) is 10.4. The maximum Gasteiger partial charge on any atom is 0.270 e. The summed E-state index contributed by atoms with van der Waals surface area (Å²) in [5.41, 5.74) is 2.34. The van der Waals surface area contributed by atoms with Gasteiger partial charge in [0.1, 0.15) is 5.69 Å². The molecule has 0 bridgehead atoms. The van der Waals surface area contributed by atoms with E-state index in [0.717, 1.165) is 30.6 Å². The van der Waals surface area contributed by atoms with Crippen molar-refractivity contribution in [3.63, 3.8) is 0 Å². The Balaban J connectivity index is 1.69. The highest BCUT2D eigenvalue weighted by Crippen LogP contribution is 2.16. The summed E-state index contributed by atoms with van der Waals surface area (Å²) in [5.74, 6) is -0.118. The second kappa shape index (κ2) is 5.19. The van der Waals surface area contributed by atoms with Crippen LogP contribution in [0.1, 0.15) is 16.9 Å². The van der Waals surface area contributed by atoms with Crippen molar-refractivity contribution in [3.05, 3.63) is 36.4 Å². The SMILES string of the molecule is O=C(N[C@@H]1CCNC1)c1ccc(-c2cn[nH]c2)cn1. The first-order valence-electron chi connectivity index (χ1n) is 6.30. The molecule has 0 saturated carbocycles. The van der Waals surface area contributed by atoms with Gasteiger partial charge in [0.15, 0.2) is 0 Å². The zero-order chi connectivity index (χ0) is 13.1. The summed E-state index contributed by atoms with van der Waals surface area (Å²) in [5, 5.41) is 12.8. The minimum atomic E-state index is -0.118. The number of aromatic amines is 1. The average molecular weight is 257 g/mol. The maximum absolute atomic E-state index is 12.0. The summed E-state index contributed by atoms with van der Waals surface area (Å²) in [6.07, 6.45) is 6.17. The van der Waals surface area contributed by atoms with Crippen LogP contribution in [-0.4, -0.2) is 40.2 Å². The highest BCUT2D eigenvalue weighted by atomic mass is 16.1. The van der Waals surface area contributed by atoms with E-state index in [4.69, 9.17) is 0 Å². The number of carbonyl (C=O) groups is 1. The monoisotopic (exact) mass is 257 g/mol. The third-order valence-corrected chi connectivity index (χ3v) is 3.22. The van der Waals surface area contributed by atoms with Gasteiger partial charge in [0.25, 0.3) is 5.91 Å². The fraction of sp³-hybridized carbons (Fsp3) is 0.308. The molecule has 1 amide bonds. The first-order valence-corrected chi connectivity index (χ1v) is 6.30. The van der Waals surface area contributed by atoms with Crippen LogP contribution in [0.25, 0.3) is 11.1 Å². The lowest BCUT2D eigenvalue weighted by Crippen LogP contribution is -2.36. The molecular formula is C13H15N5O. The molecule has 0 spiro atoms. The quantitative estimate of drug-likeness (QED) is 0.750. The van der Waals surface area contributed by atoms with Crippen LogP contribution in [0.2, 0.25) is 0 Å². The molecule has 3 rings (SSSR count). The summed E-state index contributed by atoms with van der Waals surface area (Å²) in [7, 11) is 0. The number of amides is 1. The molecule has 0 aliphatic carbocycles. The molecule has 1 saturated heterocycles. The van der Waals surface area contributed by atoms with E-state index < -0.39 is 0 Å². The zero-order valence-electron chi connectivity index (χ0n) is 10.4. The molecule has 1 atom stereocenters. The topological polar surface area (TPSA) is 82.7 Å². The van der Waals surface area contributed by atoms with Crippen LogP contribution in [-0.2, 0) is 0 Å². The Hall–Kier alpha value is -2.21. The Morgan fingerprint density at radius 1 is 1.32 bits per heavy atom. The Labute approximate surface area is 110 Å². The summed E-state index contributed by atoms with van der Waals surface area (Å²) >= 11 is 0. The molecule has 0 unspecified atom stereocenters. The van der Waals surface area contributed by atoms with Crippen molar-refractivity contribution in [3.8, 4) is 11.1 Å². The molecule has 19 heavy (non-hydrogen) atoms. The number of carbonyl (C=O) groups excluding carboxylic acids is 1. The molecule has 2 aromatic heterocycles. The third-order valence-electron chi connectivity index (χ3n) is 3.22. The second-order valence-electron chi connectivity index (χ2n) is 4.58. The van der Waals surface area contributed by atoms with Crippen molar-refractivity contribution in [1.82, 2.24) is 25.8 Å². The molecule has 3 heterocycles. The molecule has 1 fully saturated rings. The molecule has 3 N–H and O–H groups in total. The van der Waals surface area contributed by atoms with E-state index in [2.05, 4.69) is 25.8 Å². The molecule has 98 valence electrons. The first kappa shape index (κ1) is 11.9. The van der Waals surface area contributed by atoms with E-state index in [1.54, 1.807) is 24.7 Å². The van der Waals surface area contributed by atoms with Crippen molar-refractivity contribution in [2.45, 2.75) is 12.5 Å². The summed E-state index contributed by atoms with van der Waals surface area (Å²) < 4.78 is 0. The smallest absolute Gasteiger partial charge is 0.270 e. The first-order chi connectivity index (χ1) is 9.33. The number of rotatable bonds is 3. The largest absolute Gasteiger partial charge is 0.347 e. The summed E-state index contributed by atoms with van der Waals surface area (Å²) in [6.45, 7) is 1.79. The fourth-order valence-electron chi connectivity index (χ4n) is 2.14. The van der Waals surface area contributed by atoms with E-state index in [1.165, 1.54) is 0 Å². The third kappa shape index (κ3) is 2.63. The number of hydrogen-bond donors (Lipinski definition) is 3.